The van der Waals surface area contributed by atoms with Crippen LogP contribution >= 0.6 is 0 Å². The molecule has 0 bridgehead atoms. The average Bonchev–Trinajstić information content (AvgIpc) is 2.76. The second-order valence-corrected chi connectivity index (χ2v) is 6.57. The zero-order chi connectivity index (χ0) is 20.4. The quantitative estimate of drug-likeness (QED) is 0.466. The zero-order valence-electron chi connectivity index (χ0n) is 16.1. The summed E-state index contributed by atoms with van der Waals surface area (Å²) < 4.78 is 10.7. The minimum atomic E-state index is -0.954. The van der Waals surface area contributed by atoms with E-state index in [0.717, 1.165) is 44.6 Å². The van der Waals surface area contributed by atoms with E-state index < -0.39 is 5.97 Å². The van der Waals surface area contributed by atoms with Crippen molar-refractivity contribution in [3.8, 4) is 11.5 Å². The van der Waals surface area contributed by atoms with Crippen LogP contribution in [0.2, 0.25) is 0 Å². The Labute approximate surface area is 167 Å². The van der Waals surface area contributed by atoms with Gasteiger partial charge in [0.2, 0.25) is 0 Å². The summed E-state index contributed by atoms with van der Waals surface area (Å²) in [5.41, 5.74) is 1.95. The van der Waals surface area contributed by atoms with E-state index in [1.54, 1.807) is 32.4 Å². The standard InChI is InChI=1S/C23H20N2O4/c1-28-16-9-7-15(21(12-16)29-2)13-24-22-18-6-4-3-5-17(18)19-11-14(23(26)27)8-10-20(19)25-22/h3-12H,13H2,1-2H3,(H,24,25)(H,26,27). The van der Waals surface area contributed by atoms with Crippen LogP contribution in [0.25, 0.3) is 21.7 Å². The summed E-state index contributed by atoms with van der Waals surface area (Å²) >= 11 is 0. The minimum Gasteiger partial charge on any atom is -0.497 e. The molecule has 0 fully saturated rings. The van der Waals surface area contributed by atoms with Crippen LogP contribution in [-0.2, 0) is 6.54 Å². The highest BCUT2D eigenvalue weighted by molar-refractivity contribution is 6.11. The summed E-state index contributed by atoms with van der Waals surface area (Å²) in [6, 6.07) is 18.5. The number of rotatable bonds is 6. The van der Waals surface area contributed by atoms with Gasteiger partial charge in [0.05, 0.1) is 25.3 Å². The molecule has 4 rings (SSSR count). The molecule has 0 saturated heterocycles. The normalized spacial score (nSPS) is 10.8. The van der Waals surface area contributed by atoms with Gasteiger partial charge < -0.3 is 19.9 Å². The molecule has 3 aromatic carbocycles. The molecule has 0 unspecified atom stereocenters. The van der Waals surface area contributed by atoms with Crippen LogP contribution in [0.5, 0.6) is 11.5 Å². The van der Waals surface area contributed by atoms with Gasteiger partial charge in [-0.15, -0.1) is 0 Å². The zero-order valence-corrected chi connectivity index (χ0v) is 16.1. The highest BCUT2D eigenvalue weighted by Crippen LogP contribution is 2.31. The summed E-state index contributed by atoms with van der Waals surface area (Å²) in [7, 11) is 3.25. The molecule has 6 heteroatoms. The molecule has 1 aromatic heterocycles. The van der Waals surface area contributed by atoms with E-state index in [2.05, 4.69) is 5.32 Å². The van der Waals surface area contributed by atoms with E-state index >= 15 is 0 Å². The van der Waals surface area contributed by atoms with E-state index in [4.69, 9.17) is 14.5 Å². The number of pyridine rings is 1. The first-order valence-electron chi connectivity index (χ1n) is 9.11. The SMILES string of the molecule is COc1ccc(CNc2nc3ccc(C(=O)O)cc3c3ccccc23)c(OC)c1. The van der Waals surface area contributed by atoms with Gasteiger partial charge in [0, 0.05) is 28.9 Å². The van der Waals surface area contributed by atoms with Gasteiger partial charge in [-0.25, -0.2) is 9.78 Å². The number of nitrogens with one attached hydrogen (secondary N) is 1. The fraction of sp³-hybridized carbons (Fsp3) is 0.130. The van der Waals surface area contributed by atoms with Gasteiger partial charge in [-0.1, -0.05) is 24.3 Å². The fourth-order valence-electron chi connectivity index (χ4n) is 3.40. The Hall–Kier alpha value is -3.80. The van der Waals surface area contributed by atoms with Crippen molar-refractivity contribution in [2.24, 2.45) is 0 Å². The molecule has 0 aliphatic rings. The lowest BCUT2D eigenvalue weighted by molar-refractivity contribution is 0.0697. The number of ether oxygens (including phenoxy) is 2. The van der Waals surface area contributed by atoms with Crippen LogP contribution in [0, 0.1) is 0 Å². The van der Waals surface area contributed by atoms with E-state index in [0.29, 0.717) is 6.54 Å². The Morgan fingerprint density at radius 3 is 2.48 bits per heavy atom. The smallest absolute Gasteiger partial charge is 0.335 e. The topological polar surface area (TPSA) is 80.7 Å². The van der Waals surface area contributed by atoms with Gasteiger partial charge in [0.15, 0.2) is 0 Å². The van der Waals surface area contributed by atoms with Crippen LogP contribution < -0.4 is 14.8 Å². The third-order valence-electron chi connectivity index (χ3n) is 4.89. The van der Waals surface area contributed by atoms with Crippen molar-refractivity contribution in [1.29, 1.82) is 0 Å². The molecule has 0 aliphatic heterocycles. The molecule has 0 atom stereocenters. The van der Waals surface area contributed by atoms with E-state index in [1.165, 1.54) is 0 Å². The van der Waals surface area contributed by atoms with Crippen LogP contribution in [0.15, 0.2) is 60.7 Å². The second-order valence-electron chi connectivity index (χ2n) is 6.57. The maximum absolute atomic E-state index is 11.4. The van der Waals surface area contributed by atoms with Crippen molar-refractivity contribution < 1.29 is 19.4 Å². The molecular formula is C23H20N2O4. The number of hydrogen-bond acceptors (Lipinski definition) is 5. The fourth-order valence-corrected chi connectivity index (χ4v) is 3.40. The largest absolute Gasteiger partial charge is 0.497 e. The number of nitrogens with zero attached hydrogens (tertiary/aromatic N) is 1. The highest BCUT2D eigenvalue weighted by atomic mass is 16.5. The Bertz CT molecular complexity index is 1220. The molecule has 0 radical (unpaired) electrons. The molecule has 0 amide bonds. The van der Waals surface area contributed by atoms with Gasteiger partial charge in [0.1, 0.15) is 17.3 Å². The molecule has 146 valence electrons. The molecule has 4 aromatic rings. The summed E-state index contributed by atoms with van der Waals surface area (Å²) in [5, 5.41) is 15.4. The molecule has 0 aliphatic carbocycles. The summed E-state index contributed by atoms with van der Waals surface area (Å²) in [5.74, 6) is 1.24. The second kappa shape index (κ2) is 7.67. The van der Waals surface area contributed by atoms with Gasteiger partial charge >= 0.3 is 5.97 Å². The first-order valence-corrected chi connectivity index (χ1v) is 9.11. The minimum absolute atomic E-state index is 0.244. The number of carboxylic acids is 1. The number of hydrogen-bond donors (Lipinski definition) is 2. The van der Waals surface area contributed by atoms with Gasteiger partial charge in [0.25, 0.3) is 0 Å². The molecule has 29 heavy (non-hydrogen) atoms. The number of carboxylic acid groups (broad SMARTS) is 1. The lowest BCUT2D eigenvalue weighted by Crippen LogP contribution is -2.05. The number of benzene rings is 3. The molecule has 0 spiro atoms. The Balaban J connectivity index is 1.76. The molecular weight excluding hydrogens is 368 g/mol. The maximum Gasteiger partial charge on any atom is 0.335 e. The number of fused-ring (bicyclic) bond motifs is 3. The summed E-state index contributed by atoms with van der Waals surface area (Å²) in [6.07, 6.45) is 0. The number of anilines is 1. The van der Waals surface area contributed by atoms with Gasteiger partial charge in [-0.2, -0.15) is 0 Å². The van der Waals surface area contributed by atoms with E-state index in [-0.39, 0.29) is 5.56 Å². The van der Waals surface area contributed by atoms with E-state index in [1.807, 2.05) is 42.5 Å². The summed E-state index contributed by atoms with van der Waals surface area (Å²) in [6.45, 7) is 0.517. The number of methoxy groups -OCH3 is 2. The monoisotopic (exact) mass is 388 g/mol. The van der Waals surface area contributed by atoms with Crippen LogP contribution in [-0.4, -0.2) is 30.3 Å². The number of carbonyl (C=O) groups is 1. The summed E-state index contributed by atoms with van der Waals surface area (Å²) in [4.78, 5) is 16.1. The van der Waals surface area contributed by atoms with Crippen LogP contribution in [0.4, 0.5) is 5.82 Å². The van der Waals surface area contributed by atoms with Crippen LogP contribution in [0.1, 0.15) is 15.9 Å². The lowest BCUT2D eigenvalue weighted by atomic mass is 10.0. The lowest BCUT2D eigenvalue weighted by Gasteiger charge is -2.14. The molecule has 1 heterocycles. The van der Waals surface area contributed by atoms with Crippen molar-refractivity contribution in [3.05, 3.63) is 71.8 Å². The Kier molecular flexibility index (Phi) is 4.91. The molecule has 2 N–H and O–H groups in total. The number of aromatic nitrogens is 1. The molecule has 6 nitrogen and oxygen atoms in total. The van der Waals surface area contributed by atoms with E-state index in [9.17, 15) is 9.90 Å². The highest BCUT2D eigenvalue weighted by Gasteiger charge is 2.12. The third kappa shape index (κ3) is 3.52. The maximum atomic E-state index is 11.4. The first kappa shape index (κ1) is 18.6. The van der Waals surface area contributed by atoms with Crippen molar-refractivity contribution >= 4 is 33.5 Å². The molecule has 0 saturated carbocycles. The van der Waals surface area contributed by atoms with Crippen molar-refractivity contribution in [2.45, 2.75) is 6.54 Å². The number of aromatic carboxylic acids is 1. The van der Waals surface area contributed by atoms with Crippen LogP contribution in [0.3, 0.4) is 0 Å². The predicted octanol–water partition coefficient (Wildman–Crippen LogP) is 4.72. The van der Waals surface area contributed by atoms with Gasteiger partial charge in [-0.05, 0) is 35.7 Å². The average molecular weight is 388 g/mol. The Morgan fingerprint density at radius 1 is 0.966 bits per heavy atom. The first-order chi connectivity index (χ1) is 14.1. The van der Waals surface area contributed by atoms with Gasteiger partial charge in [-0.3, -0.25) is 0 Å². The van der Waals surface area contributed by atoms with Crippen molar-refractivity contribution in [2.75, 3.05) is 19.5 Å². The van der Waals surface area contributed by atoms with Crippen molar-refractivity contribution in [1.82, 2.24) is 4.98 Å². The predicted molar refractivity (Wildman–Crippen MR) is 113 cm³/mol. The Morgan fingerprint density at radius 2 is 1.76 bits per heavy atom. The third-order valence-corrected chi connectivity index (χ3v) is 4.89. The van der Waals surface area contributed by atoms with Crippen molar-refractivity contribution in [3.63, 3.8) is 0 Å².